The molecule has 0 unspecified atom stereocenters. The van der Waals surface area contributed by atoms with Crippen LogP contribution >= 0.6 is 0 Å². The number of carbonyl (C=O) groups is 2. The minimum absolute atomic E-state index is 0.0286. The van der Waals surface area contributed by atoms with E-state index in [2.05, 4.69) is 15.5 Å². The van der Waals surface area contributed by atoms with E-state index >= 15 is 0 Å². The summed E-state index contributed by atoms with van der Waals surface area (Å²) in [7, 11) is 0. The zero-order chi connectivity index (χ0) is 22.3. The number of carboxylic acids is 1. The minimum Gasteiger partial charge on any atom is -0.545 e. The molecule has 1 N–H and O–H groups in total. The van der Waals surface area contributed by atoms with Crippen molar-refractivity contribution in [2.24, 2.45) is 10.2 Å². The first-order valence-corrected chi connectivity index (χ1v) is 9.90. The summed E-state index contributed by atoms with van der Waals surface area (Å²) in [5, 5.41) is 22.7. The number of nitrogens with zero attached hydrogens (tertiary/aromatic N) is 2. The summed E-state index contributed by atoms with van der Waals surface area (Å²) in [5.41, 5.74) is 3.30. The molecule has 0 saturated heterocycles. The lowest BCUT2D eigenvalue weighted by Gasteiger charge is -2.14. The van der Waals surface area contributed by atoms with Gasteiger partial charge in [-0.15, -0.1) is 0 Å². The summed E-state index contributed by atoms with van der Waals surface area (Å²) in [6.45, 7) is 0. The summed E-state index contributed by atoms with van der Waals surface area (Å²) < 4.78 is 0. The molecule has 0 atom stereocenters. The molecule has 0 spiro atoms. The number of benzene rings is 4. The van der Waals surface area contributed by atoms with E-state index in [0.29, 0.717) is 28.1 Å². The predicted molar refractivity (Wildman–Crippen MR) is 121 cm³/mol. The fourth-order valence-electron chi connectivity index (χ4n) is 3.23. The Morgan fingerprint density at radius 1 is 0.594 bits per heavy atom. The Balaban J connectivity index is 1.54. The van der Waals surface area contributed by atoms with E-state index < -0.39 is 5.97 Å². The third-order valence-electron chi connectivity index (χ3n) is 4.77. The molecule has 4 aromatic rings. The molecule has 4 rings (SSSR count). The van der Waals surface area contributed by atoms with Crippen molar-refractivity contribution in [3.63, 3.8) is 0 Å². The van der Waals surface area contributed by atoms with Crippen LogP contribution in [-0.2, 0) is 0 Å². The Labute approximate surface area is 184 Å². The molecule has 0 aliphatic heterocycles. The van der Waals surface area contributed by atoms with Crippen LogP contribution in [0.5, 0.6) is 0 Å². The molecule has 0 aromatic heterocycles. The molecular weight excluding hydrogens is 402 g/mol. The van der Waals surface area contributed by atoms with E-state index in [-0.39, 0.29) is 11.5 Å². The maximum absolute atomic E-state index is 13.0. The number of carbonyl (C=O) groups excluding carboxylic acids is 2. The topological polar surface area (TPSA) is 93.9 Å². The van der Waals surface area contributed by atoms with Crippen LogP contribution in [0, 0.1) is 0 Å². The molecule has 0 aliphatic rings. The number of hydrogen-bond acceptors (Lipinski definition) is 5. The van der Waals surface area contributed by atoms with Crippen LogP contribution < -0.4 is 10.4 Å². The predicted octanol–water partition coefficient (Wildman–Crippen LogP) is 5.38. The number of rotatable bonds is 6. The maximum Gasteiger partial charge on any atom is 0.256 e. The quantitative estimate of drug-likeness (QED) is 0.424. The normalized spacial score (nSPS) is 10.8. The van der Waals surface area contributed by atoms with Gasteiger partial charge in [-0.1, -0.05) is 60.7 Å². The third-order valence-corrected chi connectivity index (χ3v) is 4.77. The fraction of sp³-hybridized carbons (Fsp3) is 0. The number of azo groups is 1. The van der Waals surface area contributed by atoms with Crippen molar-refractivity contribution >= 4 is 28.9 Å². The molecule has 0 fully saturated rings. The monoisotopic (exact) mass is 420 g/mol. The molecular formula is C26H18N3O3-. The largest absolute Gasteiger partial charge is 0.545 e. The van der Waals surface area contributed by atoms with Crippen molar-refractivity contribution in [2.75, 3.05) is 5.32 Å². The number of nitrogens with one attached hydrogen (secondary N) is 1. The van der Waals surface area contributed by atoms with Gasteiger partial charge < -0.3 is 15.2 Å². The lowest BCUT2D eigenvalue weighted by molar-refractivity contribution is -0.254. The zero-order valence-electron chi connectivity index (χ0n) is 16.9. The Kier molecular flexibility index (Phi) is 6.13. The second kappa shape index (κ2) is 9.49. The van der Waals surface area contributed by atoms with Gasteiger partial charge in [-0.05, 0) is 53.6 Å². The molecule has 156 valence electrons. The smallest absolute Gasteiger partial charge is 0.256 e. The van der Waals surface area contributed by atoms with Gasteiger partial charge in [-0.2, -0.15) is 10.2 Å². The SMILES string of the molecule is O=C([O-])c1ccccc1-c1ccccc1C(=O)Nc1ccc(N=Nc2ccccc2)cc1. The number of carboxylic acid groups (broad SMARTS) is 1. The highest BCUT2D eigenvalue weighted by atomic mass is 16.4. The van der Waals surface area contributed by atoms with Crippen LogP contribution in [0.25, 0.3) is 11.1 Å². The van der Waals surface area contributed by atoms with Crippen LogP contribution in [0.1, 0.15) is 20.7 Å². The van der Waals surface area contributed by atoms with Crippen LogP contribution in [0.2, 0.25) is 0 Å². The first kappa shape index (κ1) is 20.7. The average Bonchev–Trinajstić information content (AvgIpc) is 2.84. The zero-order valence-corrected chi connectivity index (χ0v) is 16.9. The number of aromatic carboxylic acids is 1. The van der Waals surface area contributed by atoms with Gasteiger partial charge in [-0.3, -0.25) is 4.79 Å². The van der Waals surface area contributed by atoms with Gasteiger partial charge in [0, 0.05) is 16.8 Å². The lowest BCUT2D eigenvalue weighted by Crippen LogP contribution is -2.23. The molecule has 4 aromatic carbocycles. The highest BCUT2D eigenvalue weighted by molar-refractivity contribution is 6.10. The molecule has 32 heavy (non-hydrogen) atoms. The first-order valence-electron chi connectivity index (χ1n) is 9.90. The van der Waals surface area contributed by atoms with Gasteiger partial charge in [0.15, 0.2) is 0 Å². The Bertz CT molecular complexity index is 1280. The van der Waals surface area contributed by atoms with Gasteiger partial charge in [-0.25, -0.2) is 0 Å². The van der Waals surface area contributed by atoms with E-state index in [1.165, 1.54) is 6.07 Å². The highest BCUT2D eigenvalue weighted by Crippen LogP contribution is 2.28. The van der Waals surface area contributed by atoms with E-state index in [1.54, 1.807) is 66.7 Å². The first-order chi connectivity index (χ1) is 15.6. The number of amides is 1. The van der Waals surface area contributed by atoms with E-state index in [4.69, 9.17) is 0 Å². The summed E-state index contributed by atoms with van der Waals surface area (Å²) in [6.07, 6.45) is 0. The van der Waals surface area contributed by atoms with Crippen molar-refractivity contribution in [3.05, 3.63) is 114 Å². The highest BCUT2D eigenvalue weighted by Gasteiger charge is 2.15. The van der Waals surface area contributed by atoms with Crippen LogP contribution in [0.4, 0.5) is 17.1 Å². The van der Waals surface area contributed by atoms with Gasteiger partial charge >= 0.3 is 0 Å². The Hall–Kier alpha value is -4.58. The van der Waals surface area contributed by atoms with Gasteiger partial charge in [0.2, 0.25) is 0 Å². The molecule has 6 heteroatoms. The van der Waals surface area contributed by atoms with E-state index in [1.807, 2.05) is 30.3 Å². The van der Waals surface area contributed by atoms with Gasteiger partial charge in [0.1, 0.15) is 0 Å². The van der Waals surface area contributed by atoms with E-state index in [9.17, 15) is 14.7 Å². The average molecular weight is 420 g/mol. The van der Waals surface area contributed by atoms with Crippen LogP contribution in [0.3, 0.4) is 0 Å². The summed E-state index contributed by atoms with van der Waals surface area (Å²) in [4.78, 5) is 24.5. The number of hydrogen-bond donors (Lipinski definition) is 1. The van der Waals surface area contributed by atoms with Gasteiger partial charge in [0.05, 0.1) is 17.3 Å². The van der Waals surface area contributed by atoms with Crippen molar-refractivity contribution in [1.82, 2.24) is 0 Å². The van der Waals surface area contributed by atoms with Gasteiger partial charge in [0.25, 0.3) is 5.91 Å². The fourth-order valence-corrected chi connectivity index (χ4v) is 3.23. The molecule has 0 heterocycles. The van der Waals surface area contributed by atoms with Crippen molar-refractivity contribution < 1.29 is 14.7 Å². The molecule has 6 nitrogen and oxygen atoms in total. The molecule has 0 saturated carbocycles. The van der Waals surface area contributed by atoms with Crippen molar-refractivity contribution in [3.8, 4) is 11.1 Å². The third kappa shape index (κ3) is 4.76. The molecule has 0 radical (unpaired) electrons. The van der Waals surface area contributed by atoms with Crippen molar-refractivity contribution in [2.45, 2.75) is 0 Å². The van der Waals surface area contributed by atoms with Crippen molar-refractivity contribution in [1.29, 1.82) is 0 Å². The second-order valence-corrected chi connectivity index (χ2v) is 6.92. The Morgan fingerprint density at radius 2 is 1.09 bits per heavy atom. The summed E-state index contributed by atoms with van der Waals surface area (Å²) in [5.74, 6) is -1.65. The molecule has 1 amide bonds. The maximum atomic E-state index is 13.0. The van der Waals surface area contributed by atoms with E-state index in [0.717, 1.165) is 5.69 Å². The van der Waals surface area contributed by atoms with Crippen LogP contribution in [0.15, 0.2) is 113 Å². The summed E-state index contributed by atoms with van der Waals surface area (Å²) in [6, 6.07) is 29.7. The minimum atomic E-state index is -1.30. The lowest BCUT2D eigenvalue weighted by atomic mass is 9.95. The summed E-state index contributed by atoms with van der Waals surface area (Å²) >= 11 is 0. The molecule has 0 aliphatic carbocycles. The standard InChI is InChI=1S/C26H19N3O3/c30-25(23-12-6-4-10-21(23)22-11-5-7-13-24(22)26(31)32)27-18-14-16-20(17-15-18)29-28-19-8-2-1-3-9-19/h1-17H,(H,27,30)(H,31,32)/p-1. The Morgan fingerprint density at radius 3 is 1.72 bits per heavy atom. The number of anilines is 1. The van der Waals surface area contributed by atoms with Crippen LogP contribution in [-0.4, -0.2) is 11.9 Å². The second-order valence-electron chi connectivity index (χ2n) is 6.92. The molecule has 0 bridgehead atoms.